The minimum Gasteiger partial charge on any atom is -0.367 e. The molecule has 0 aromatic heterocycles. The van der Waals surface area contributed by atoms with Gasteiger partial charge in [-0.1, -0.05) is 37.3 Å². The molecule has 152 valence electrons. The van der Waals surface area contributed by atoms with Crippen molar-refractivity contribution in [1.29, 1.82) is 0 Å². The molecule has 2 heterocycles. The summed E-state index contributed by atoms with van der Waals surface area (Å²) in [6.45, 7) is 7.63. The molecule has 6 heteroatoms. The zero-order valence-electron chi connectivity index (χ0n) is 16.9. The number of amides is 2. The van der Waals surface area contributed by atoms with Crippen molar-refractivity contribution in [3.8, 4) is 0 Å². The number of rotatable bonds is 5. The van der Waals surface area contributed by atoms with Gasteiger partial charge in [0, 0.05) is 44.8 Å². The van der Waals surface area contributed by atoms with E-state index in [2.05, 4.69) is 28.1 Å². The molecule has 2 aliphatic heterocycles. The molecule has 1 unspecified atom stereocenters. The molecular formula is C23H28N4O2. The molecule has 1 atom stereocenters. The Kier molecular flexibility index (Phi) is 5.81. The van der Waals surface area contributed by atoms with E-state index >= 15 is 0 Å². The molecule has 2 fully saturated rings. The van der Waals surface area contributed by atoms with Crippen LogP contribution in [0.1, 0.15) is 13.3 Å². The van der Waals surface area contributed by atoms with E-state index in [-0.39, 0.29) is 24.2 Å². The van der Waals surface area contributed by atoms with Crippen molar-refractivity contribution in [2.75, 3.05) is 54.4 Å². The van der Waals surface area contributed by atoms with E-state index < -0.39 is 0 Å². The first-order valence-corrected chi connectivity index (χ1v) is 10.4. The average Bonchev–Trinajstić information content (AvgIpc) is 3.17. The highest BCUT2D eigenvalue weighted by atomic mass is 16.2. The van der Waals surface area contributed by atoms with Crippen LogP contribution in [0, 0.1) is 5.92 Å². The second-order valence-corrected chi connectivity index (χ2v) is 7.67. The third-order valence-corrected chi connectivity index (χ3v) is 5.89. The Bertz CT molecular complexity index is 862. The van der Waals surface area contributed by atoms with Gasteiger partial charge in [-0.3, -0.25) is 9.59 Å². The summed E-state index contributed by atoms with van der Waals surface area (Å²) < 4.78 is 0. The smallest absolute Gasteiger partial charge is 0.229 e. The lowest BCUT2D eigenvalue weighted by atomic mass is 10.1. The molecule has 2 aromatic carbocycles. The zero-order valence-corrected chi connectivity index (χ0v) is 16.9. The summed E-state index contributed by atoms with van der Waals surface area (Å²) in [4.78, 5) is 31.9. The minimum atomic E-state index is -0.340. The number of carbonyl (C=O) groups excluding carboxylic acids is 2. The summed E-state index contributed by atoms with van der Waals surface area (Å²) in [6.07, 6.45) is 0.248. The van der Waals surface area contributed by atoms with E-state index in [4.69, 9.17) is 0 Å². The van der Waals surface area contributed by atoms with Gasteiger partial charge in [-0.25, -0.2) is 0 Å². The first-order valence-electron chi connectivity index (χ1n) is 10.4. The maximum atomic E-state index is 13.0. The van der Waals surface area contributed by atoms with Crippen LogP contribution in [-0.4, -0.2) is 56.0 Å². The molecule has 2 aromatic rings. The fourth-order valence-electron chi connectivity index (χ4n) is 4.14. The predicted octanol–water partition coefficient (Wildman–Crippen LogP) is 2.82. The van der Waals surface area contributed by atoms with Gasteiger partial charge >= 0.3 is 0 Å². The molecule has 29 heavy (non-hydrogen) atoms. The zero-order chi connectivity index (χ0) is 20.2. The van der Waals surface area contributed by atoms with E-state index in [1.165, 1.54) is 0 Å². The second-order valence-electron chi connectivity index (χ2n) is 7.67. The van der Waals surface area contributed by atoms with E-state index in [1.54, 1.807) is 4.90 Å². The number of hydrogen-bond donors (Lipinski definition) is 1. The van der Waals surface area contributed by atoms with Crippen LogP contribution in [-0.2, 0) is 9.59 Å². The van der Waals surface area contributed by atoms with E-state index in [0.29, 0.717) is 6.54 Å². The highest BCUT2D eigenvalue weighted by Gasteiger charge is 2.35. The number of carbonyl (C=O) groups is 2. The quantitative estimate of drug-likeness (QED) is 0.850. The van der Waals surface area contributed by atoms with Crippen LogP contribution in [0.2, 0.25) is 0 Å². The van der Waals surface area contributed by atoms with Crippen molar-refractivity contribution < 1.29 is 9.59 Å². The summed E-state index contributed by atoms with van der Waals surface area (Å²) in [5.74, 6) is -0.426. The highest BCUT2D eigenvalue weighted by molar-refractivity contribution is 6.04. The van der Waals surface area contributed by atoms with Crippen molar-refractivity contribution in [1.82, 2.24) is 4.90 Å². The molecule has 1 N–H and O–H groups in total. The fourth-order valence-corrected chi connectivity index (χ4v) is 4.14. The van der Waals surface area contributed by atoms with Gasteiger partial charge in [0.1, 0.15) is 0 Å². The van der Waals surface area contributed by atoms with E-state index in [1.807, 2.05) is 48.5 Å². The number of nitrogens with zero attached hydrogens (tertiary/aromatic N) is 3. The van der Waals surface area contributed by atoms with Crippen LogP contribution in [0.25, 0.3) is 0 Å². The number of nitrogens with one attached hydrogen (secondary N) is 1. The van der Waals surface area contributed by atoms with Crippen LogP contribution >= 0.6 is 0 Å². The Balaban J connectivity index is 1.44. The van der Waals surface area contributed by atoms with Gasteiger partial charge in [0.25, 0.3) is 0 Å². The van der Waals surface area contributed by atoms with Crippen molar-refractivity contribution >= 4 is 28.9 Å². The molecule has 2 amide bonds. The maximum Gasteiger partial charge on any atom is 0.229 e. The van der Waals surface area contributed by atoms with Gasteiger partial charge in [-0.05, 0) is 30.8 Å². The van der Waals surface area contributed by atoms with Gasteiger partial charge in [0.2, 0.25) is 11.8 Å². The van der Waals surface area contributed by atoms with Crippen LogP contribution < -0.4 is 15.1 Å². The summed E-state index contributed by atoms with van der Waals surface area (Å²) in [6, 6.07) is 17.5. The topological polar surface area (TPSA) is 55.9 Å². The van der Waals surface area contributed by atoms with Gasteiger partial charge in [-0.2, -0.15) is 0 Å². The normalized spacial score (nSPS) is 20.2. The summed E-state index contributed by atoms with van der Waals surface area (Å²) in [5.41, 5.74) is 2.73. The number of likely N-dealkylation sites (N-methyl/N-ethyl adjacent to an activating group) is 1. The Hall–Kier alpha value is -2.86. The lowest BCUT2D eigenvalue weighted by Gasteiger charge is -2.36. The van der Waals surface area contributed by atoms with Gasteiger partial charge in [-0.15, -0.1) is 0 Å². The fraction of sp³-hybridized carbons (Fsp3) is 0.391. The molecule has 0 spiro atoms. The summed E-state index contributed by atoms with van der Waals surface area (Å²) in [5, 5.41) is 3.09. The number of anilines is 3. The Morgan fingerprint density at radius 1 is 1.00 bits per heavy atom. The van der Waals surface area contributed by atoms with Crippen molar-refractivity contribution in [2.45, 2.75) is 13.3 Å². The number of piperazine rings is 1. The standard InChI is InChI=1S/C23H28N4O2/c1-2-25-12-14-26(15-13-25)21-11-7-6-10-20(21)24-23(29)18-16-22(28)27(17-18)19-8-4-3-5-9-19/h3-11,18H,2,12-17H2,1H3,(H,24,29). The summed E-state index contributed by atoms with van der Waals surface area (Å²) >= 11 is 0. The van der Waals surface area contributed by atoms with Crippen molar-refractivity contribution in [3.63, 3.8) is 0 Å². The van der Waals surface area contributed by atoms with Crippen LogP contribution in [0.4, 0.5) is 17.1 Å². The molecular weight excluding hydrogens is 364 g/mol. The first kappa shape index (κ1) is 19.5. The third kappa shape index (κ3) is 4.27. The van der Waals surface area contributed by atoms with Crippen LogP contribution in [0.5, 0.6) is 0 Å². The molecule has 0 saturated carbocycles. The maximum absolute atomic E-state index is 13.0. The Morgan fingerprint density at radius 3 is 2.41 bits per heavy atom. The van der Waals surface area contributed by atoms with Crippen LogP contribution in [0.3, 0.4) is 0 Å². The summed E-state index contributed by atoms with van der Waals surface area (Å²) in [7, 11) is 0. The molecule has 0 bridgehead atoms. The Morgan fingerprint density at radius 2 is 1.69 bits per heavy atom. The van der Waals surface area contributed by atoms with Gasteiger partial charge < -0.3 is 20.0 Å². The third-order valence-electron chi connectivity index (χ3n) is 5.89. The largest absolute Gasteiger partial charge is 0.367 e. The molecule has 0 aliphatic carbocycles. The van der Waals surface area contributed by atoms with Crippen molar-refractivity contribution in [2.24, 2.45) is 5.92 Å². The minimum absolute atomic E-state index is 0.000299. The predicted molar refractivity (Wildman–Crippen MR) is 116 cm³/mol. The van der Waals surface area contributed by atoms with E-state index in [0.717, 1.165) is 49.8 Å². The second kappa shape index (κ2) is 8.66. The monoisotopic (exact) mass is 392 g/mol. The average molecular weight is 393 g/mol. The Labute approximate surface area is 172 Å². The number of hydrogen-bond acceptors (Lipinski definition) is 4. The molecule has 0 radical (unpaired) electrons. The van der Waals surface area contributed by atoms with Crippen molar-refractivity contribution in [3.05, 3.63) is 54.6 Å². The molecule has 4 rings (SSSR count). The van der Waals surface area contributed by atoms with Gasteiger partial charge in [0.15, 0.2) is 0 Å². The number of para-hydroxylation sites is 3. The lowest BCUT2D eigenvalue weighted by Crippen LogP contribution is -2.46. The molecule has 6 nitrogen and oxygen atoms in total. The SMILES string of the molecule is CCN1CCN(c2ccccc2NC(=O)C2CC(=O)N(c3ccccc3)C2)CC1. The number of benzene rings is 2. The highest BCUT2D eigenvalue weighted by Crippen LogP contribution is 2.29. The molecule has 2 aliphatic rings. The van der Waals surface area contributed by atoms with Gasteiger partial charge in [0.05, 0.1) is 17.3 Å². The first-order chi connectivity index (χ1) is 14.2. The van der Waals surface area contributed by atoms with Crippen LogP contribution in [0.15, 0.2) is 54.6 Å². The molecule has 2 saturated heterocycles. The lowest BCUT2D eigenvalue weighted by molar-refractivity contribution is -0.122. The van der Waals surface area contributed by atoms with E-state index in [9.17, 15) is 9.59 Å².